The quantitative estimate of drug-likeness (QED) is 0.392. The zero-order valence-corrected chi connectivity index (χ0v) is 18.6. The van der Waals surface area contributed by atoms with Crippen molar-refractivity contribution in [3.05, 3.63) is 76.7 Å². The van der Waals surface area contributed by atoms with Crippen molar-refractivity contribution in [3.8, 4) is 22.6 Å². The van der Waals surface area contributed by atoms with E-state index in [1.165, 1.54) is 11.0 Å². The normalized spacial score (nSPS) is 13.3. The lowest BCUT2D eigenvalue weighted by Gasteiger charge is -2.20. The van der Waals surface area contributed by atoms with Crippen molar-refractivity contribution in [2.75, 3.05) is 7.05 Å². The molecule has 1 amide bonds. The third-order valence-electron chi connectivity index (χ3n) is 5.60. The van der Waals surface area contributed by atoms with Gasteiger partial charge in [-0.3, -0.25) is 9.89 Å². The van der Waals surface area contributed by atoms with Crippen LogP contribution in [0.15, 0.2) is 54.7 Å². The lowest BCUT2D eigenvalue weighted by atomic mass is 10.0. The van der Waals surface area contributed by atoms with Gasteiger partial charge in [0.15, 0.2) is 0 Å². The predicted octanol–water partition coefficient (Wildman–Crippen LogP) is 5.54. The number of hydrogen-bond donors (Lipinski definition) is 2. The Bertz CT molecular complexity index is 1370. The van der Waals surface area contributed by atoms with Crippen LogP contribution in [-0.4, -0.2) is 39.3 Å². The van der Waals surface area contributed by atoms with E-state index in [2.05, 4.69) is 10.2 Å². The minimum atomic E-state index is -0.555. The van der Waals surface area contributed by atoms with Crippen LogP contribution in [0.3, 0.4) is 0 Å². The molecule has 1 aliphatic carbocycles. The standard InChI is InChI=1S/C25H21ClFN3O3/c1-30(13-17-9-19(31)8-16-12-28-29-24(16)17)25(32)15-10-21(27)23(14-3-2-4-18(26)7-14)22(11-15)33-20-5-6-20/h2-4,7-12,20,31H,5-6,13H2,1H3,(H,28,29). The Labute approximate surface area is 194 Å². The van der Waals surface area contributed by atoms with Crippen molar-refractivity contribution in [2.24, 2.45) is 0 Å². The van der Waals surface area contributed by atoms with Crippen LogP contribution in [0.4, 0.5) is 4.39 Å². The Morgan fingerprint density at radius 2 is 2.09 bits per heavy atom. The monoisotopic (exact) mass is 465 g/mol. The fourth-order valence-electron chi connectivity index (χ4n) is 3.87. The van der Waals surface area contributed by atoms with E-state index < -0.39 is 5.82 Å². The molecule has 0 spiro atoms. The number of halogens is 2. The second kappa shape index (κ2) is 8.41. The van der Waals surface area contributed by atoms with E-state index in [9.17, 15) is 9.90 Å². The van der Waals surface area contributed by atoms with Gasteiger partial charge in [-0.1, -0.05) is 23.7 Å². The van der Waals surface area contributed by atoms with Crippen molar-refractivity contribution in [1.82, 2.24) is 15.1 Å². The van der Waals surface area contributed by atoms with Gasteiger partial charge in [0.2, 0.25) is 0 Å². The number of rotatable bonds is 6. The molecule has 1 saturated carbocycles. The molecule has 1 heterocycles. The number of phenolic OH excluding ortho intramolecular Hbond substituents is 1. The number of ether oxygens (including phenoxy) is 1. The number of aromatic hydroxyl groups is 1. The molecule has 3 aromatic carbocycles. The Morgan fingerprint density at radius 1 is 1.27 bits per heavy atom. The van der Waals surface area contributed by atoms with Crippen LogP contribution in [-0.2, 0) is 6.54 Å². The second-order valence-electron chi connectivity index (χ2n) is 8.26. The number of amides is 1. The summed E-state index contributed by atoms with van der Waals surface area (Å²) in [4.78, 5) is 14.7. The zero-order valence-electron chi connectivity index (χ0n) is 17.8. The van der Waals surface area contributed by atoms with Crippen LogP contribution in [0.1, 0.15) is 28.8 Å². The van der Waals surface area contributed by atoms with Crippen LogP contribution in [0.2, 0.25) is 5.02 Å². The number of hydrogen-bond acceptors (Lipinski definition) is 4. The molecule has 8 heteroatoms. The van der Waals surface area contributed by atoms with E-state index >= 15 is 4.39 Å². The highest BCUT2D eigenvalue weighted by Crippen LogP contribution is 2.38. The molecule has 33 heavy (non-hydrogen) atoms. The van der Waals surface area contributed by atoms with Gasteiger partial charge in [0.05, 0.1) is 23.4 Å². The van der Waals surface area contributed by atoms with E-state index in [1.807, 2.05) is 0 Å². The molecule has 0 atom stereocenters. The van der Waals surface area contributed by atoms with Crippen LogP contribution in [0.25, 0.3) is 22.0 Å². The highest BCUT2D eigenvalue weighted by Gasteiger charge is 2.27. The molecule has 1 aliphatic rings. The lowest BCUT2D eigenvalue weighted by Crippen LogP contribution is -2.26. The van der Waals surface area contributed by atoms with Gasteiger partial charge in [-0.25, -0.2) is 4.39 Å². The minimum absolute atomic E-state index is 0.0198. The molecular weight excluding hydrogens is 445 g/mol. The first-order valence-electron chi connectivity index (χ1n) is 10.6. The molecule has 0 unspecified atom stereocenters. The van der Waals surface area contributed by atoms with E-state index in [4.69, 9.17) is 16.3 Å². The van der Waals surface area contributed by atoms with Crippen LogP contribution in [0.5, 0.6) is 11.5 Å². The van der Waals surface area contributed by atoms with E-state index in [1.54, 1.807) is 55.7 Å². The molecule has 1 fully saturated rings. The molecule has 0 bridgehead atoms. The van der Waals surface area contributed by atoms with Crippen LogP contribution >= 0.6 is 11.6 Å². The number of phenols is 1. The largest absolute Gasteiger partial charge is 0.508 e. The summed E-state index contributed by atoms with van der Waals surface area (Å²) in [5, 5.41) is 18.1. The Morgan fingerprint density at radius 3 is 2.85 bits per heavy atom. The van der Waals surface area contributed by atoms with Crippen molar-refractivity contribution in [1.29, 1.82) is 0 Å². The van der Waals surface area contributed by atoms with Gasteiger partial charge in [-0.05, 0) is 54.8 Å². The number of nitrogens with one attached hydrogen (secondary N) is 1. The first-order chi connectivity index (χ1) is 15.9. The maximum absolute atomic E-state index is 15.3. The number of nitrogens with zero attached hydrogens (tertiary/aromatic N) is 2. The number of aromatic amines is 1. The number of aromatic nitrogens is 2. The number of carbonyl (C=O) groups is 1. The minimum Gasteiger partial charge on any atom is -0.508 e. The van der Waals surface area contributed by atoms with E-state index in [0.717, 1.165) is 23.7 Å². The highest BCUT2D eigenvalue weighted by molar-refractivity contribution is 6.30. The molecule has 1 aromatic heterocycles. The van der Waals surface area contributed by atoms with Gasteiger partial charge < -0.3 is 14.7 Å². The number of fused-ring (bicyclic) bond motifs is 1. The maximum atomic E-state index is 15.3. The summed E-state index contributed by atoms with van der Waals surface area (Å²) in [6, 6.07) is 12.9. The topological polar surface area (TPSA) is 78.5 Å². The smallest absolute Gasteiger partial charge is 0.254 e. The summed E-state index contributed by atoms with van der Waals surface area (Å²) in [6.45, 7) is 0.197. The van der Waals surface area contributed by atoms with Crippen LogP contribution < -0.4 is 4.74 Å². The van der Waals surface area contributed by atoms with Crippen molar-refractivity contribution < 1.29 is 19.0 Å². The second-order valence-corrected chi connectivity index (χ2v) is 8.70. The van der Waals surface area contributed by atoms with Gasteiger partial charge >= 0.3 is 0 Å². The molecule has 168 valence electrons. The first kappa shape index (κ1) is 21.3. The third kappa shape index (κ3) is 4.36. The Balaban J connectivity index is 1.48. The molecule has 2 N–H and O–H groups in total. The summed E-state index contributed by atoms with van der Waals surface area (Å²) in [5.74, 6) is -0.523. The zero-order chi connectivity index (χ0) is 23.1. The van der Waals surface area contributed by atoms with Gasteiger partial charge in [-0.15, -0.1) is 0 Å². The van der Waals surface area contributed by atoms with E-state index in [0.29, 0.717) is 21.9 Å². The fourth-order valence-corrected chi connectivity index (χ4v) is 4.06. The predicted molar refractivity (Wildman–Crippen MR) is 124 cm³/mol. The van der Waals surface area contributed by atoms with Gasteiger partial charge in [0, 0.05) is 35.1 Å². The van der Waals surface area contributed by atoms with Crippen LogP contribution in [0, 0.1) is 5.82 Å². The summed E-state index contributed by atoms with van der Waals surface area (Å²) >= 11 is 6.11. The molecule has 0 radical (unpaired) electrons. The number of benzene rings is 3. The SMILES string of the molecule is CN(Cc1cc(O)cc2cn[nH]c12)C(=O)c1cc(F)c(-c2cccc(Cl)c2)c(OC2CC2)c1. The van der Waals surface area contributed by atoms with Crippen molar-refractivity contribution >= 4 is 28.4 Å². The number of H-pyrrole nitrogens is 1. The highest BCUT2D eigenvalue weighted by atomic mass is 35.5. The maximum Gasteiger partial charge on any atom is 0.254 e. The Kier molecular flexibility index (Phi) is 5.42. The summed E-state index contributed by atoms with van der Waals surface area (Å²) < 4.78 is 21.3. The van der Waals surface area contributed by atoms with Crippen molar-refractivity contribution in [2.45, 2.75) is 25.5 Å². The van der Waals surface area contributed by atoms with Gasteiger partial charge in [-0.2, -0.15) is 5.10 Å². The molecular formula is C25H21ClFN3O3. The molecule has 4 aromatic rings. The summed E-state index contributed by atoms with van der Waals surface area (Å²) in [6.07, 6.45) is 3.41. The lowest BCUT2D eigenvalue weighted by molar-refractivity contribution is 0.0784. The molecule has 6 nitrogen and oxygen atoms in total. The average Bonchev–Trinajstić information content (AvgIpc) is 3.46. The molecule has 0 saturated heterocycles. The van der Waals surface area contributed by atoms with E-state index in [-0.39, 0.29) is 35.4 Å². The Hall–Kier alpha value is -3.58. The molecule has 5 rings (SSSR count). The average molecular weight is 466 g/mol. The van der Waals surface area contributed by atoms with Gasteiger partial charge in [0.25, 0.3) is 5.91 Å². The summed E-state index contributed by atoms with van der Waals surface area (Å²) in [7, 11) is 1.62. The van der Waals surface area contributed by atoms with Gasteiger partial charge in [0.1, 0.15) is 17.3 Å². The number of carbonyl (C=O) groups excluding carboxylic acids is 1. The fraction of sp³-hybridized carbons (Fsp3) is 0.200. The third-order valence-corrected chi connectivity index (χ3v) is 5.84. The first-order valence-corrected chi connectivity index (χ1v) is 10.9. The summed E-state index contributed by atoms with van der Waals surface area (Å²) in [5.41, 5.74) is 2.48. The molecule has 0 aliphatic heterocycles. The van der Waals surface area contributed by atoms with Crippen molar-refractivity contribution in [3.63, 3.8) is 0 Å².